The maximum absolute atomic E-state index is 12.1. The minimum absolute atomic E-state index is 0.0384. The highest BCUT2D eigenvalue weighted by atomic mass is 16.9. The van der Waals surface area contributed by atoms with E-state index < -0.39 is 23.6 Å². The topological polar surface area (TPSA) is 105 Å². The number of carbonyl (C=O) groups is 2. The Morgan fingerprint density at radius 3 is 2.38 bits per heavy atom. The van der Waals surface area contributed by atoms with Crippen LogP contribution in [0.1, 0.15) is 22.8 Å². The van der Waals surface area contributed by atoms with Crippen molar-refractivity contribution in [1.29, 1.82) is 0 Å². The second-order valence-electron chi connectivity index (χ2n) is 4.59. The standard InChI is InChI=1S/C16H13NO7/c1-11(18)23-15-13(10-22-17(20)21)8-5-9-14(15)24-16(19)12-6-3-2-4-7-12/h2-9H,10H2,1H3. The lowest BCUT2D eigenvalue weighted by Gasteiger charge is -2.13. The van der Waals surface area contributed by atoms with E-state index in [0.717, 1.165) is 6.92 Å². The van der Waals surface area contributed by atoms with E-state index in [9.17, 15) is 19.7 Å². The normalized spacial score (nSPS) is 9.88. The summed E-state index contributed by atoms with van der Waals surface area (Å²) >= 11 is 0. The van der Waals surface area contributed by atoms with Gasteiger partial charge in [0.1, 0.15) is 6.61 Å². The molecule has 2 aromatic rings. The third-order valence-corrected chi connectivity index (χ3v) is 2.84. The maximum atomic E-state index is 12.1. The molecule has 0 radical (unpaired) electrons. The lowest BCUT2D eigenvalue weighted by molar-refractivity contribution is -0.763. The predicted molar refractivity (Wildman–Crippen MR) is 80.9 cm³/mol. The summed E-state index contributed by atoms with van der Waals surface area (Å²) in [6, 6.07) is 12.6. The van der Waals surface area contributed by atoms with Gasteiger partial charge < -0.3 is 14.3 Å². The number of carbonyl (C=O) groups excluding carboxylic acids is 2. The highest BCUT2D eigenvalue weighted by Crippen LogP contribution is 2.32. The SMILES string of the molecule is CC(=O)Oc1c(CO[N+](=O)[O-])cccc1OC(=O)c1ccccc1. The summed E-state index contributed by atoms with van der Waals surface area (Å²) in [4.78, 5) is 38.0. The van der Waals surface area contributed by atoms with E-state index in [1.807, 2.05) is 0 Å². The average molecular weight is 331 g/mol. The van der Waals surface area contributed by atoms with E-state index in [-0.39, 0.29) is 17.1 Å². The van der Waals surface area contributed by atoms with Gasteiger partial charge in [0.05, 0.1) is 5.56 Å². The second kappa shape index (κ2) is 7.73. The molecule has 0 aliphatic heterocycles. The van der Waals surface area contributed by atoms with Crippen molar-refractivity contribution in [3.63, 3.8) is 0 Å². The van der Waals surface area contributed by atoms with Crippen LogP contribution in [0, 0.1) is 10.1 Å². The van der Waals surface area contributed by atoms with Crippen molar-refractivity contribution in [2.75, 3.05) is 0 Å². The summed E-state index contributed by atoms with van der Waals surface area (Å²) in [5.74, 6) is -1.46. The Morgan fingerprint density at radius 1 is 1.04 bits per heavy atom. The predicted octanol–water partition coefficient (Wildman–Crippen LogP) is 2.54. The van der Waals surface area contributed by atoms with Crippen LogP contribution < -0.4 is 9.47 Å². The molecule has 2 aromatic carbocycles. The van der Waals surface area contributed by atoms with Crippen LogP contribution in [-0.4, -0.2) is 17.0 Å². The largest absolute Gasteiger partial charge is 0.422 e. The molecular weight excluding hydrogens is 318 g/mol. The third-order valence-electron chi connectivity index (χ3n) is 2.84. The number of ether oxygens (including phenoxy) is 2. The molecule has 0 aromatic heterocycles. The Balaban J connectivity index is 2.30. The van der Waals surface area contributed by atoms with E-state index >= 15 is 0 Å². The van der Waals surface area contributed by atoms with Crippen molar-refractivity contribution in [3.05, 3.63) is 69.8 Å². The highest BCUT2D eigenvalue weighted by molar-refractivity contribution is 5.91. The molecule has 0 fully saturated rings. The molecule has 0 N–H and O–H groups in total. The van der Waals surface area contributed by atoms with Gasteiger partial charge in [-0.3, -0.25) is 4.79 Å². The fourth-order valence-corrected chi connectivity index (χ4v) is 1.87. The number of rotatable bonds is 6. The van der Waals surface area contributed by atoms with Gasteiger partial charge in [-0.25, -0.2) is 4.79 Å². The Morgan fingerprint density at radius 2 is 1.75 bits per heavy atom. The summed E-state index contributed by atoms with van der Waals surface area (Å²) in [5.41, 5.74) is 0.499. The molecule has 8 nitrogen and oxygen atoms in total. The van der Waals surface area contributed by atoms with Crippen LogP contribution in [0.4, 0.5) is 0 Å². The zero-order valence-electron chi connectivity index (χ0n) is 12.6. The van der Waals surface area contributed by atoms with E-state index in [1.165, 1.54) is 18.2 Å². The third kappa shape index (κ3) is 4.54. The van der Waals surface area contributed by atoms with E-state index in [1.54, 1.807) is 30.3 Å². The van der Waals surface area contributed by atoms with Crippen molar-refractivity contribution >= 4 is 11.9 Å². The van der Waals surface area contributed by atoms with Crippen molar-refractivity contribution in [2.45, 2.75) is 13.5 Å². The van der Waals surface area contributed by atoms with Gasteiger partial charge in [0.25, 0.3) is 5.09 Å². The van der Waals surface area contributed by atoms with Crippen LogP contribution in [0.25, 0.3) is 0 Å². The summed E-state index contributed by atoms with van der Waals surface area (Å²) < 4.78 is 10.3. The monoisotopic (exact) mass is 331 g/mol. The zero-order valence-corrected chi connectivity index (χ0v) is 12.6. The van der Waals surface area contributed by atoms with Crippen molar-refractivity contribution in [2.24, 2.45) is 0 Å². The van der Waals surface area contributed by atoms with Gasteiger partial charge in [0.15, 0.2) is 11.5 Å². The summed E-state index contributed by atoms with van der Waals surface area (Å²) in [5, 5.41) is 9.37. The number of nitrogens with zero attached hydrogens (tertiary/aromatic N) is 1. The van der Waals surface area contributed by atoms with Crippen molar-refractivity contribution < 1.29 is 29.0 Å². The lowest BCUT2D eigenvalue weighted by atomic mass is 10.2. The fraction of sp³-hybridized carbons (Fsp3) is 0.125. The van der Waals surface area contributed by atoms with Crippen molar-refractivity contribution in [3.8, 4) is 11.5 Å². The fourth-order valence-electron chi connectivity index (χ4n) is 1.87. The highest BCUT2D eigenvalue weighted by Gasteiger charge is 2.18. The maximum Gasteiger partial charge on any atom is 0.343 e. The Hall–Kier alpha value is -3.42. The summed E-state index contributed by atoms with van der Waals surface area (Å²) in [7, 11) is 0. The Kier molecular flexibility index (Phi) is 5.45. The van der Waals surface area contributed by atoms with Crippen LogP contribution >= 0.6 is 0 Å². The van der Waals surface area contributed by atoms with Crippen LogP contribution in [0.2, 0.25) is 0 Å². The van der Waals surface area contributed by atoms with Crippen LogP contribution in [0.15, 0.2) is 48.5 Å². The number of hydrogen-bond donors (Lipinski definition) is 0. The van der Waals surface area contributed by atoms with Crippen molar-refractivity contribution in [1.82, 2.24) is 0 Å². The first-order valence-corrected chi connectivity index (χ1v) is 6.82. The second-order valence-corrected chi connectivity index (χ2v) is 4.59. The van der Waals surface area contributed by atoms with E-state index in [2.05, 4.69) is 4.84 Å². The molecule has 8 heteroatoms. The molecule has 0 saturated carbocycles. The van der Waals surface area contributed by atoms with Gasteiger partial charge in [-0.05, 0) is 18.2 Å². The van der Waals surface area contributed by atoms with Gasteiger partial charge in [-0.1, -0.05) is 30.3 Å². The van der Waals surface area contributed by atoms with Crippen LogP contribution in [0.5, 0.6) is 11.5 Å². The molecule has 0 aliphatic rings. The molecule has 0 amide bonds. The molecule has 2 rings (SSSR count). The first-order chi connectivity index (χ1) is 11.5. The number of benzene rings is 2. The molecule has 24 heavy (non-hydrogen) atoms. The summed E-state index contributed by atoms with van der Waals surface area (Å²) in [6.45, 7) is 0.709. The Labute approximate surface area is 136 Å². The Bertz CT molecular complexity index is 758. The smallest absolute Gasteiger partial charge is 0.343 e. The molecule has 124 valence electrons. The molecule has 0 aliphatic carbocycles. The molecule has 0 unspecified atom stereocenters. The first-order valence-electron chi connectivity index (χ1n) is 6.82. The van der Waals surface area contributed by atoms with Crippen LogP contribution in [0.3, 0.4) is 0 Å². The lowest BCUT2D eigenvalue weighted by Crippen LogP contribution is -2.12. The molecule has 0 heterocycles. The summed E-state index contributed by atoms with van der Waals surface area (Å²) in [6.07, 6.45) is 0. The van der Waals surface area contributed by atoms with Gasteiger partial charge >= 0.3 is 11.9 Å². The zero-order chi connectivity index (χ0) is 17.5. The number of esters is 2. The quantitative estimate of drug-likeness (QED) is 0.346. The van der Waals surface area contributed by atoms with Gasteiger partial charge in [0, 0.05) is 12.5 Å². The average Bonchev–Trinajstić information content (AvgIpc) is 2.55. The first kappa shape index (κ1) is 16.9. The van der Waals surface area contributed by atoms with Gasteiger partial charge in [0.2, 0.25) is 0 Å². The molecule has 0 atom stereocenters. The van der Waals surface area contributed by atoms with E-state index in [0.29, 0.717) is 5.56 Å². The molecular formula is C16H13NO7. The minimum Gasteiger partial charge on any atom is -0.422 e. The van der Waals surface area contributed by atoms with E-state index in [4.69, 9.17) is 9.47 Å². The molecule has 0 spiro atoms. The number of hydrogen-bond acceptors (Lipinski definition) is 7. The number of para-hydroxylation sites is 1. The van der Waals surface area contributed by atoms with Gasteiger partial charge in [-0.15, -0.1) is 10.1 Å². The minimum atomic E-state index is -0.972. The van der Waals surface area contributed by atoms with Crippen LogP contribution in [-0.2, 0) is 16.2 Å². The molecule has 0 bridgehead atoms. The van der Waals surface area contributed by atoms with Gasteiger partial charge in [-0.2, -0.15) is 0 Å². The molecule has 0 saturated heterocycles.